The second-order valence-corrected chi connectivity index (χ2v) is 15.1. The van der Waals surface area contributed by atoms with Crippen molar-refractivity contribution in [3.8, 4) is 22.6 Å². The Hall–Kier alpha value is -4.01. The van der Waals surface area contributed by atoms with Gasteiger partial charge in [-0.25, -0.2) is 23.4 Å². The molecule has 0 aliphatic heterocycles. The van der Waals surface area contributed by atoms with E-state index in [2.05, 4.69) is 40.9 Å². The van der Waals surface area contributed by atoms with Gasteiger partial charge in [-0.15, -0.1) is 0 Å². The van der Waals surface area contributed by atoms with Gasteiger partial charge in [-0.05, 0) is 90.3 Å². The van der Waals surface area contributed by atoms with Crippen molar-refractivity contribution in [1.29, 1.82) is 0 Å². The first-order valence-electron chi connectivity index (χ1n) is 15.2. The molecule has 6 rings (SSSR count). The van der Waals surface area contributed by atoms with E-state index >= 15 is 0 Å². The van der Waals surface area contributed by atoms with Crippen molar-refractivity contribution in [3.05, 3.63) is 54.7 Å². The summed E-state index contributed by atoms with van der Waals surface area (Å²) in [5.74, 6) is 1.59. The molecule has 2 saturated carbocycles. The van der Waals surface area contributed by atoms with E-state index in [-0.39, 0.29) is 17.2 Å². The van der Waals surface area contributed by atoms with E-state index in [1.54, 1.807) is 38.4 Å². The van der Waals surface area contributed by atoms with Gasteiger partial charge in [-0.2, -0.15) is 19.4 Å². The Morgan fingerprint density at radius 3 is 2.31 bits per heavy atom. The second-order valence-electron chi connectivity index (χ2n) is 13.1. The van der Waals surface area contributed by atoms with Crippen LogP contribution < -0.4 is 10.6 Å². The van der Waals surface area contributed by atoms with E-state index < -0.39 is 21.2 Å². The standard InChI is InChI=1S/C31H39N9O4S/c1-30(2,41)20-5-7-21(8-6-20)35-25-15-28(33-17-23(25)24-11-12-26(39-38-24)31(3,4)42)36-27-13-14-32-29(37-27)19-16-34-40(18-19)45(43,44)22-9-10-22/h11-18,20-22,41-42H,5-10H2,1-4H3,(H2,32,33,35,36,37). The summed E-state index contributed by atoms with van der Waals surface area (Å²) in [6.07, 6.45) is 11.1. The van der Waals surface area contributed by atoms with Crippen molar-refractivity contribution in [3.63, 3.8) is 0 Å². The number of rotatable bonds is 10. The van der Waals surface area contributed by atoms with E-state index in [1.165, 1.54) is 12.4 Å². The number of nitrogens with one attached hydrogen (secondary N) is 2. The summed E-state index contributed by atoms with van der Waals surface area (Å²) in [6, 6.07) is 7.37. The fraction of sp³-hybridized carbons (Fsp3) is 0.484. The van der Waals surface area contributed by atoms with Gasteiger partial charge in [0.05, 0.1) is 40.2 Å². The Kier molecular flexibility index (Phi) is 8.08. The van der Waals surface area contributed by atoms with Gasteiger partial charge in [0.25, 0.3) is 10.0 Å². The second kappa shape index (κ2) is 11.7. The van der Waals surface area contributed by atoms with E-state index in [0.29, 0.717) is 47.3 Å². The molecule has 0 radical (unpaired) electrons. The third-order valence-corrected chi connectivity index (χ3v) is 10.5. The van der Waals surface area contributed by atoms with Crippen LogP contribution in [-0.4, -0.2) is 69.9 Å². The van der Waals surface area contributed by atoms with Crippen LogP contribution in [0, 0.1) is 5.92 Å². The predicted molar refractivity (Wildman–Crippen MR) is 170 cm³/mol. The average molecular weight is 634 g/mol. The zero-order valence-corrected chi connectivity index (χ0v) is 26.7. The van der Waals surface area contributed by atoms with E-state index in [1.807, 2.05) is 26.0 Å². The van der Waals surface area contributed by atoms with Crippen molar-refractivity contribution >= 4 is 27.3 Å². The minimum atomic E-state index is -3.49. The minimum absolute atomic E-state index is 0.190. The number of anilines is 3. The molecule has 0 aromatic carbocycles. The van der Waals surface area contributed by atoms with Crippen molar-refractivity contribution < 1.29 is 18.6 Å². The molecule has 0 spiro atoms. The number of hydrogen-bond donors (Lipinski definition) is 4. The van der Waals surface area contributed by atoms with Gasteiger partial charge in [0.1, 0.15) is 17.2 Å². The molecule has 4 aromatic rings. The first-order chi connectivity index (χ1) is 21.3. The molecule has 2 aliphatic rings. The molecule has 45 heavy (non-hydrogen) atoms. The number of nitrogens with zero attached hydrogens (tertiary/aromatic N) is 7. The van der Waals surface area contributed by atoms with Crippen LogP contribution in [0.3, 0.4) is 0 Å². The molecular weight excluding hydrogens is 594 g/mol. The predicted octanol–water partition coefficient (Wildman–Crippen LogP) is 4.25. The number of pyridine rings is 1. The number of aromatic nitrogens is 7. The Morgan fingerprint density at radius 2 is 1.67 bits per heavy atom. The summed E-state index contributed by atoms with van der Waals surface area (Å²) in [6.45, 7) is 7.08. The molecule has 2 aliphatic carbocycles. The molecule has 238 valence electrons. The Morgan fingerprint density at radius 1 is 0.911 bits per heavy atom. The van der Waals surface area contributed by atoms with Crippen molar-refractivity contribution in [2.75, 3.05) is 10.6 Å². The normalized spacial score (nSPS) is 19.3. The molecule has 0 bridgehead atoms. The van der Waals surface area contributed by atoms with Gasteiger partial charge in [-0.3, -0.25) is 0 Å². The van der Waals surface area contributed by atoms with Crippen LogP contribution in [0.4, 0.5) is 17.3 Å². The quantitative estimate of drug-likeness (QED) is 0.195. The molecule has 0 atom stereocenters. The number of aliphatic hydroxyl groups is 2. The highest BCUT2D eigenvalue weighted by Crippen LogP contribution is 2.36. The lowest BCUT2D eigenvalue weighted by atomic mass is 9.77. The van der Waals surface area contributed by atoms with Crippen LogP contribution in [-0.2, 0) is 15.6 Å². The molecular formula is C31H39N9O4S. The largest absolute Gasteiger partial charge is 0.390 e. The van der Waals surface area contributed by atoms with Crippen LogP contribution in [0.15, 0.2) is 49.1 Å². The average Bonchev–Trinajstić information content (AvgIpc) is 3.74. The van der Waals surface area contributed by atoms with Gasteiger partial charge in [0, 0.05) is 35.8 Å². The zero-order chi connectivity index (χ0) is 32.0. The molecule has 0 unspecified atom stereocenters. The highest BCUT2D eigenvalue weighted by Gasteiger charge is 2.38. The van der Waals surface area contributed by atoms with Crippen LogP contribution in [0.5, 0.6) is 0 Å². The van der Waals surface area contributed by atoms with E-state index in [0.717, 1.165) is 41.0 Å². The van der Waals surface area contributed by atoms with E-state index in [4.69, 9.17) is 0 Å². The maximum Gasteiger partial charge on any atom is 0.256 e. The molecule has 4 heterocycles. The van der Waals surface area contributed by atoms with Gasteiger partial charge < -0.3 is 20.8 Å². The highest BCUT2D eigenvalue weighted by atomic mass is 32.2. The third-order valence-electron chi connectivity index (χ3n) is 8.49. The van der Waals surface area contributed by atoms with Crippen LogP contribution in [0.25, 0.3) is 22.6 Å². The van der Waals surface area contributed by atoms with Gasteiger partial charge in [-0.1, -0.05) is 0 Å². The topological polar surface area (TPSA) is 181 Å². The van der Waals surface area contributed by atoms with Gasteiger partial charge in [0.2, 0.25) is 0 Å². The Bertz CT molecular complexity index is 1770. The molecule has 13 nitrogen and oxygen atoms in total. The molecule has 14 heteroatoms. The fourth-order valence-electron chi connectivity index (χ4n) is 5.59. The molecule has 4 aromatic heterocycles. The lowest BCUT2D eigenvalue weighted by molar-refractivity contribution is -0.000394. The van der Waals surface area contributed by atoms with Crippen molar-refractivity contribution in [1.82, 2.24) is 34.3 Å². The monoisotopic (exact) mass is 633 g/mol. The van der Waals surface area contributed by atoms with Gasteiger partial charge >= 0.3 is 0 Å². The summed E-state index contributed by atoms with van der Waals surface area (Å²) >= 11 is 0. The Labute approximate surface area is 262 Å². The maximum atomic E-state index is 12.6. The third kappa shape index (κ3) is 6.97. The minimum Gasteiger partial charge on any atom is -0.390 e. The SMILES string of the molecule is CC(C)(O)c1ccc(-c2cnc(Nc3ccnc(-c4cnn(S(=O)(=O)C5CC5)c4)n3)cc2NC2CCC(C(C)(C)O)CC2)nn1. The summed E-state index contributed by atoms with van der Waals surface area (Å²) in [5.41, 5.74) is 1.31. The van der Waals surface area contributed by atoms with Crippen LogP contribution in [0.1, 0.15) is 71.9 Å². The first kappa shape index (κ1) is 31.0. The molecule has 4 N–H and O–H groups in total. The lowest BCUT2D eigenvalue weighted by Crippen LogP contribution is -2.37. The van der Waals surface area contributed by atoms with Crippen LogP contribution >= 0.6 is 0 Å². The highest BCUT2D eigenvalue weighted by molar-refractivity contribution is 7.90. The van der Waals surface area contributed by atoms with Crippen molar-refractivity contribution in [2.45, 2.75) is 88.7 Å². The summed E-state index contributed by atoms with van der Waals surface area (Å²) < 4.78 is 26.2. The molecule has 2 fully saturated rings. The molecule has 0 saturated heterocycles. The summed E-state index contributed by atoms with van der Waals surface area (Å²) in [5, 5.41) is 40.1. The Balaban J connectivity index is 1.26. The summed E-state index contributed by atoms with van der Waals surface area (Å²) in [7, 11) is -3.49. The lowest BCUT2D eigenvalue weighted by Gasteiger charge is -2.36. The summed E-state index contributed by atoms with van der Waals surface area (Å²) in [4.78, 5) is 13.5. The molecule has 0 amide bonds. The zero-order valence-electron chi connectivity index (χ0n) is 25.8. The van der Waals surface area contributed by atoms with Crippen LogP contribution in [0.2, 0.25) is 0 Å². The smallest absolute Gasteiger partial charge is 0.256 e. The maximum absolute atomic E-state index is 12.6. The first-order valence-corrected chi connectivity index (χ1v) is 16.7. The van der Waals surface area contributed by atoms with Crippen molar-refractivity contribution in [2.24, 2.45) is 5.92 Å². The van der Waals surface area contributed by atoms with E-state index in [9.17, 15) is 18.6 Å². The fourth-order valence-corrected chi connectivity index (χ4v) is 7.07. The van der Waals surface area contributed by atoms with Gasteiger partial charge in [0.15, 0.2) is 5.82 Å². The number of hydrogen-bond acceptors (Lipinski definition) is 12.